The second kappa shape index (κ2) is 4.65. The van der Waals surface area contributed by atoms with Crippen LogP contribution < -0.4 is 4.74 Å². The van der Waals surface area contributed by atoms with Crippen LogP contribution in [0.15, 0.2) is 24.3 Å². The fourth-order valence-corrected chi connectivity index (χ4v) is 1.21. The van der Waals surface area contributed by atoms with Crippen LogP contribution in [0.25, 0.3) is 0 Å². The molecular formula is C11H14O3. The maximum Gasteiger partial charge on any atom is 0.307 e. The Kier molecular flexibility index (Phi) is 3.51. The zero-order valence-corrected chi connectivity index (χ0v) is 8.36. The number of rotatable bonds is 4. The molecule has 1 atom stereocenters. The molecule has 0 unspecified atom stereocenters. The van der Waals surface area contributed by atoms with Gasteiger partial charge in [0, 0.05) is 0 Å². The van der Waals surface area contributed by atoms with Crippen LogP contribution in [-0.2, 0) is 4.79 Å². The molecule has 14 heavy (non-hydrogen) atoms. The predicted octanol–water partition coefficient (Wildman–Crippen LogP) is 2.24. The molecule has 1 aromatic rings. The summed E-state index contributed by atoms with van der Waals surface area (Å²) in [5.41, 5.74) is 1.10. The number of carboxylic acid groups (broad SMARTS) is 1. The predicted molar refractivity (Wildman–Crippen MR) is 53.5 cm³/mol. The second-order valence-electron chi connectivity index (χ2n) is 3.34. The lowest BCUT2D eigenvalue weighted by atomic mass is 10.2. The number of hydrogen-bond acceptors (Lipinski definition) is 2. The topological polar surface area (TPSA) is 46.5 Å². The Labute approximate surface area is 83.3 Å². The van der Waals surface area contributed by atoms with Crippen molar-refractivity contribution in [2.24, 2.45) is 0 Å². The minimum Gasteiger partial charge on any atom is -0.490 e. The Bertz CT molecular complexity index is 320. The van der Waals surface area contributed by atoms with Crippen molar-refractivity contribution in [1.29, 1.82) is 0 Å². The summed E-state index contributed by atoms with van der Waals surface area (Å²) in [5, 5.41) is 8.54. The van der Waals surface area contributed by atoms with Crippen LogP contribution in [0.3, 0.4) is 0 Å². The van der Waals surface area contributed by atoms with E-state index in [1.165, 1.54) is 0 Å². The summed E-state index contributed by atoms with van der Waals surface area (Å²) in [7, 11) is 0. The second-order valence-corrected chi connectivity index (χ2v) is 3.34. The van der Waals surface area contributed by atoms with Crippen LogP contribution in [0.1, 0.15) is 18.9 Å². The number of aryl methyl sites for hydroxylation is 1. The molecule has 1 rings (SSSR count). The van der Waals surface area contributed by atoms with Gasteiger partial charge in [0.05, 0.1) is 6.42 Å². The van der Waals surface area contributed by atoms with Crippen molar-refractivity contribution in [3.8, 4) is 5.75 Å². The zero-order valence-electron chi connectivity index (χ0n) is 8.36. The lowest BCUT2D eigenvalue weighted by molar-refractivity contribution is -0.138. The van der Waals surface area contributed by atoms with Gasteiger partial charge in [0.2, 0.25) is 0 Å². The molecule has 0 fully saturated rings. The largest absolute Gasteiger partial charge is 0.490 e. The molecule has 0 saturated heterocycles. The molecule has 0 radical (unpaired) electrons. The number of hydrogen-bond donors (Lipinski definition) is 1. The first-order chi connectivity index (χ1) is 6.58. The van der Waals surface area contributed by atoms with Gasteiger partial charge in [-0.2, -0.15) is 0 Å². The maximum absolute atomic E-state index is 10.4. The third-order valence-corrected chi connectivity index (χ3v) is 1.79. The number of aliphatic carboxylic acids is 1. The molecule has 0 aliphatic heterocycles. The lowest BCUT2D eigenvalue weighted by Crippen LogP contribution is -2.16. The van der Waals surface area contributed by atoms with Crippen LogP contribution >= 0.6 is 0 Å². The molecule has 76 valence electrons. The first-order valence-electron chi connectivity index (χ1n) is 4.53. The molecule has 0 aliphatic carbocycles. The molecule has 0 aliphatic rings. The van der Waals surface area contributed by atoms with Gasteiger partial charge in [-0.15, -0.1) is 0 Å². The van der Waals surface area contributed by atoms with Crippen LogP contribution in [-0.4, -0.2) is 17.2 Å². The first-order valence-corrected chi connectivity index (χ1v) is 4.53. The Balaban J connectivity index is 2.55. The fraction of sp³-hybridized carbons (Fsp3) is 0.364. The highest BCUT2D eigenvalue weighted by molar-refractivity contribution is 5.67. The molecule has 0 amide bonds. The highest BCUT2D eigenvalue weighted by Gasteiger charge is 2.08. The molecule has 0 heterocycles. The minimum atomic E-state index is -0.842. The van der Waals surface area contributed by atoms with Crippen LogP contribution in [0, 0.1) is 6.92 Å². The Morgan fingerprint density at radius 2 is 2.29 bits per heavy atom. The smallest absolute Gasteiger partial charge is 0.307 e. The zero-order chi connectivity index (χ0) is 10.6. The van der Waals surface area contributed by atoms with E-state index in [2.05, 4.69) is 0 Å². The van der Waals surface area contributed by atoms with Crippen molar-refractivity contribution in [3.63, 3.8) is 0 Å². The molecule has 1 N–H and O–H groups in total. The van der Waals surface area contributed by atoms with Crippen LogP contribution in [0.4, 0.5) is 0 Å². The fourth-order valence-electron chi connectivity index (χ4n) is 1.21. The number of ether oxygens (including phenoxy) is 1. The van der Waals surface area contributed by atoms with E-state index in [9.17, 15) is 4.79 Å². The third-order valence-electron chi connectivity index (χ3n) is 1.79. The SMILES string of the molecule is Cc1cccc(O[C@H](C)CC(=O)O)c1. The number of benzene rings is 1. The third kappa shape index (κ3) is 3.47. The van der Waals surface area contributed by atoms with Crippen molar-refractivity contribution < 1.29 is 14.6 Å². The summed E-state index contributed by atoms with van der Waals surface area (Å²) in [4.78, 5) is 10.4. The lowest BCUT2D eigenvalue weighted by Gasteiger charge is -2.12. The van der Waals surface area contributed by atoms with Gasteiger partial charge in [-0.25, -0.2) is 0 Å². The molecule has 0 saturated carbocycles. The van der Waals surface area contributed by atoms with E-state index in [0.29, 0.717) is 0 Å². The Morgan fingerprint density at radius 3 is 2.86 bits per heavy atom. The highest BCUT2D eigenvalue weighted by atomic mass is 16.5. The van der Waals surface area contributed by atoms with Crippen molar-refractivity contribution in [2.45, 2.75) is 26.4 Å². The monoisotopic (exact) mass is 194 g/mol. The Hall–Kier alpha value is -1.51. The standard InChI is InChI=1S/C11H14O3/c1-8-4-3-5-10(6-8)14-9(2)7-11(12)13/h3-6,9H,7H2,1-2H3,(H,12,13)/t9-/m1/s1. The van der Waals surface area contributed by atoms with E-state index in [4.69, 9.17) is 9.84 Å². The molecular weight excluding hydrogens is 180 g/mol. The van der Waals surface area contributed by atoms with Gasteiger partial charge in [0.15, 0.2) is 0 Å². The van der Waals surface area contributed by atoms with Crippen molar-refractivity contribution >= 4 is 5.97 Å². The van der Waals surface area contributed by atoms with Crippen LogP contribution in [0.2, 0.25) is 0 Å². The van der Waals surface area contributed by atoms with Gasteiger partial charge in [-0.1, -0.05) is 12.1 Å². The molecule has 0 bridgehead atoms. The molecule has 3 heteroatoms. The van der Waals surface area contributed by atoms with E-state index < -0.39 is 5.97 Å². The van der Waals surface area contributed by atoms with Gasteiger partial charge in [0.1, 0.15) is 11.9 Å². The molecule has 3 nitrogen and oxygen atoms in total. The number of carbonyl (C=O) groups is 1. The average Bonchev–Trinajstić information content (AvgIpc) is 2.01. The number of carboxylic acids is 1. The summed E-state index contributed by atoms with van der Waals surface area (Å²) in [6, 6.07) is 7.57. The van der Waals surface area contributed by atoms with E-state index in [-0.39, 0.29) is 12.5 Å². The van der Waals surface area contributed by atoms with Gasteiger partial charge in [0.25, 0.3) is 0 Å². The average molecular weight is 194 g/mol. The summed E-state index contributed by atoms with van der Waals surface area (Å²) >= 11 is 0. The normalized spacial score (nSPS) is 12.1. The highest BCUT2D eigenvalue weighted by Crippen LogP contribution is 2.14. The van der Waals surface area contributed by atoms with E-state index in [0.717, 1.165) is 11.3 Å². The van der Waals surface area contributed by atoms with E-state index in [1.54, 1.807) is 6.92 Å². The van der Waals surface area contributed by atoms with Gasteiger partial charge < -0.3 is 9.84 Å². The maximum atomic E-state index is 10.4. The van der Waals surface area contributed by atoms with Crippen LogP contribution in [0.5, 0.6) is 5.75 Å². The van der Waals surface area contributed by atoms with E-state index >= 15 is 0 Å². The first kappa shape index (κ1) is 10.6. The van der Waals surface area contributed by atoms with E-state index in [1.807, 2.05) is 31.2 Å². The Morgan fingerprint density at radius 1 is 1.57 bits per heavy atom. The summed E-state index contributed by atoms with van der Waals surface area (Å²) in [6.07, 6.45) is -0.275. The van der Waals surface area contributed by atoms with Gasteiger partial charge in [-0.05, 0) is 31.5 Å². The molecule has 1 aromatic carbocycles. The summed E-state index contributed by atoms with van der Waals surface area (Å²) < 4.78 is 5.43. The minimum absolute atomic E-state index is 0.0218. The quantitative estimate of drug-likeness (QED) is 0.799. The van der Waals surface area contributed by atoms with Crippen molar-refractivity contribution in [3.05, 3.63) is 29.8 Å². The molecule has 0 aromatic heterocycles. The van der Waals surface area contributed by atoms with Crippen molar-refractivity contribution in [1.82, 2.24) is 0 Å². The van der Waals surface area contributed by atoms with Gasteiger partial charge >= 0.3 is 5.97 Å². The van der Waals surface area contributed by atoms with Gasteiger partial charge in [-0.3, -0.25) is 4.79 Å². The molecule has 0 spiro atoms. The van der Waals surface area contributed by atoms with Crippen molar-refractivity contribution in [2.75, 3.05) is 0 Å². The summed E-state index contributed by atoms with van der Waals surface area (Å²) in [5.74, 6) is -0.121. The summed E-state index contributed by atoms with van der Waals surface area (Å²) in [6.45, 7) is 3.71.